The molecule has 0 aliphatic carbocycles. The summed E-state index contributed by atoms with van der Waals surface area (Å²) in [6.45, 7) is 0. The molecule has 0 saturated carbocycles. The van der Waals surface area contributed by atoms with E-state index in [1.165, 1.54) is 11.5 Å². The van der Waals surface area contributed by atoms with Crippen molar-refractivity contribution in [2.24, 2.45) is 0 Å². The smallest absolute Gasteiger partial charge is 0.110 e. The first kappa shape index (κ1) is 21.1. The van der Waals surface area contributed by atoms with Crippen LogP contribution in [-0.2, 0) is 0 Å². The van der Waals surface area contributed by atoms with Gasteiger partial charge < -0.3 is 9.97 Å². The molecule has 37 heavy (non-hydrogen) atoms. The van der Waals surface area contributed by atoms with E-state index in [4.69, 9.17) is 4.37 Å². The third-order valence-electron chi connectivity index (χ3n) is 6.08. The Kier molecular flexibility index (Phi) is 5.03. The lowest BCUT2D eigenvalue weighted by Crippen LogP contribution is -1.97. The molecule has 0 aliphatic heterocycles. The van der Waals surface area contributed by atoms with E-state index in [1.807, 2.05) is 48.0 Å². The van der Waals surface area contributed by atoms with Gasteiger partial charge in [0, 0.05) is 69.0 Å². The SMILES string of the molecule is c1cnnc(-c2[nH]c3cc(-c4ccc[nH]4)c(-c4ccsn4)c(-c4ccnnn4)c3c2-c2cnccn2)c1. The maximum absolute atomic E-state index is 4.72. The standard InChI is InChI=1S/C26H16N10S/c1-3-16(28-7-1)15-13-20-24(23(17-5-9-31-36-34-17)22(15)18-6-12-37-35-18)25(21-14-27-10-11-29-21)26(32-20)19-4-2-8-30-33-19/h1-14,28,32H. The van der Waals surface area contributed by atoms with Gasteiger partial charge in [-0.15, -0.1) is 15.3 Å². The summed E-state index contributed by atoms with van der Waals surface area (Å²) in [5, 5.41) is 23.7. The van der Waals surface area contributed by atoms with E-state index < -0.39 is 0 Å². The molecule has 0 amide bonds. The van der Waals surface area contributed by atoms with Crippen LogP contribution in [0.5, 0.6) is 0 Å². The Morgan fingerprint density at radius 2 is 1.76 bits per heavy atom. The summed E-state index contributed by atoms with van der Waals surface area (Å²) in [7, 11) is 0. The van der Waals surface area contributed by atoms with Crippen LogP contribution in [0.4, 0.5) is 0 Å². The number of hydrogen-bond donors (Lipinski definition) is 2. The van der Waals surface area contributed by atoms with Crippen molar-refractivity contribution in [3.8, 4) is 56.4 Å². The zero-order valence-corrected chi connectivity index (χ0v) is 19.9. The van der Waals surface area contributed by atoms with Gasteiger partial charge in [0.1, 0.15) is 5.69 Å². The van der Waals surface area contributed by atoms with Crippen LogP contribution in [0, 0.1) is 0 Å². The van der Waals surface area contributed by atoms with E-state index in [1.54, 1.807) is 31.0 Å². The molecule has 0 saturated heterocycles. The van der Waals surface area contributed by atoms with Gasteiger partial charge >= 0.3 is 0 Å². The minimum Gasteiger partial charge on any atom is -0.361 e. The van der Waals surface area contributed by atoms with E-state index >= 15 is 0 Å². The number of nitrogens with one attached hydrogen (secondary N) is 2. The third-order valence-corrected chi connectivity index (χ3v) is 6.64. The van der Waals surface area contributed by atoms with Gasteiger partial charge in [0.25, 0.3) is 0 Å². The second kappa shape index (κ2) is 8.81. The topological polar surface area (TPSA) is 135 Å². The minimum atomic E-state index is 0.659. The summed E-state index contributed by atoms with van der Waals surface area (Å²) in [6, 6.07) is 13.8. The molecule has 6 aromatic heterocycles. The van der Waals surface area contributed by atoms with Crippen molar-refractivity contribution in [1.29, 1.82) is 0 Å². The van der Waals surface area contributed by atoms with Crippen LogP contribution in [0.15, 0.2) is 85.0 Å². The molecule has 7 aromatic rings. The maximum Gasteiger partial charge on any atom is 0.110 e. The van der Waals surface area contributed by atoms with Gasteiger partial charge in [-0.1, -0.05) is 0 Å². The number of aromatic amines is 2. The Balaban J connectivity index is 1.71. The zero-order chi connectivity index (χ0) is 24.6. The molecule has 0 bridgehead atoms. The molecule has 176 valence electrons. The second-order valence-electron chi connectivity index (χ2n) is 8.15. The van der Waals surface area contributed by atoms with Gasteiger partial charge in [-0.25, -0.2) is 0 Å². The van der Waals surface area contributed by atoms with Crippen molar-refractivity contribution in [2.75, 3.05) is 0 Å². The summed E-state index contributed by atoms with van der Waals surface area (Å²) in [4.78, 5) is 16.0. The first-order valence-electron chi connectivity index (χ1n) is 11.3. The predicted octanol–water partition coefficient (Wildman–Crippen LogP) is 5.05. The van der Waals surface area contributed by atoms with E-state index in [9.17, 15) is 0 Å². The van der Waals surface area contributed by atoms with E-state index in [2.05, 4.69) is 51.6 Å². The third kappa shape index (κ3) is 3.56. The summed E-state index contributed by atoms with van der Waals surface area (Å²) in [5.74, 6) is 0. The van der Waals surface area contributed by atoms with Gasteiger partial charge in [0.2, 0.25) is 0 Å². The first-order valence-corrected chi connectivity index (χ1v) is 12.2. The van der Waals surface area contributed by atoms with Gasteiger partial charge in [-0.2, -0.15) is 9.47 Å². The van der Waals surface area contributed by atoms with Gasteiger partial charge in [-0.3, -0.25) is 9.97 Å². The lowest BCUT2D eigenvalue weighted by atomic mass is 9.89. The quantitative estimate of drug-likeness (QED) is 0.335. The lowest BCUT2D eigenvalue weighted by molar-refractivity contribution is 0.871. The van der Waals surface area contributed by atoms with Crippen LogP contribution < -0.4 is 0 Å². The number of aromatic nitrogens is 10. The summed E-state index contributed by atoms with van der Waals surface area (Å²) < 4.78 is 4.72. The minimum absolute atomic E-state index is 0.659. The molecule has 11 heteroatoms. The number of rotatable bonds is 5. The average Bonchev–Trinajstić information content (AvgIpc) is 3.75. The van der Waals surface area contributed by atoms with E-state index in [-0.39, 0.29) is 0 Å². The number of benzene rings is 1. The Morgan fingerprint density at radius 3 is 2.49 bits per heavy atom. The molecule has 0 unspecified atom stereocenters. The van der Waals surface area contributed by atoms with E-state index in [0.717, 1.165) is 50.2 Å². The molecule has 0 fully saturated rings. The molecular formula is C26H16N10S. The normalized spacial score (nSPS) is 11.2. The average molecular weight is 501 g/mol. The van der Waals surface area contributed by atoms with Crippen molar-refractivity contribution >= 4 is 22.4 Å². The molecule has 1 aromatic carbocycles. The van der Waals surface area contributed by atoms with Crippen molar-refractivity contribution in [2.45, 2.75) is 0 Å². The highest BCUT2D eigenvalue weighted by atomic mass is 32.1. The predicted molar refractivity (Wildman–Crippen MR) is 140 cm³/mol. The molecule has 0 radical (unpaired) electrons. The van der Waals surface area contributed by atoms with Crippen LogP contribution in [0.2, 0.25) is 0 Å². The molecule has 6 heterocycles. The lowest BCUT2D eigenvalue weighted by Gasteiger charge is -2.15. The van der Waals surface area contributed by atoms with Crippen LogP contribution >= 0.6 is 11.5 Å². The highest BCUT2D eigenvalue weighted by molar-refractivity contribution is 7.03. The molecule has 7 rings (SSSR count). The van der Waals surface area contributed by atoms with Crippen LogP contribution in [0.1, 0.15) is 0 Å². The first-order chi connectivity index (χ1) is 18.4. The Labute approximate surface area is 213 Å². The Morgan fingerprint density at radius 1 is 0.757 bits per heavy atom. The summed E-state index contributed by atoms with van der Waals surface area (Å²) in [5.41, 5.74) is 9.05. The summed E-state index contributed by atoms with van der Waals surface area (Å²) in [6.07, 6.45) is 10.3. The van der Waals surface area contributed by atoms with Crippen LogP contribution in [0.25, 0.3) is 67.3 Å². The van der Waals surface area contributed by atoms with Gasteiger partial charge in [0.15, 0.2) is 0 Å². The zero-order valence-electron chi connectivity index (χ0n) is 19.1. The largest absolute Gasteiger partial charge is 0.361 e. The Hall–Kier alpha value is -5.16. The fraction of sp³-hybridized carbons (Fsp3) is 0. The fourth-order valence-corrected chi connectivity index (χ4v) is 5.14. The second-order valence-corrected chi connectivity index (χ2v) is 8.81. The summed E-state index contributed by atoms with van der Waals surface area (Å²) >= 11 is 1.40. The van der Waals surface area contributed by atoms with Crippen LogP contribution in [0.3, 0.4) is 0 Å². The molecular weight excluding hydrogens is 484 g/mol. The van der Waals surface area contributed by atoms with Crippen LogP contribution in [-0.4, -0.2) is 49.9 Å². The number of nitrogens with zero attached hydrogens (tertiary/aromatic N) is 8. The number of fused-ring (bicyclic) bond motifs is 1. The van der Waals surface area contributed by atoms with Gasteiger partial charge in [0.05, 0.1) is 35.2 Å². The van der Waals surface area contributed by atoms with Crippen molar-refractivity contribution < 1.29 is 0 Å². The number of hydrogen-bond acceptors (Lipinski definition) is 9. The molecule has 0 atom stereocenters. The van der Waals surface area contributed by atoms with Gasteiger partial charge in [-0.05, 0) is 59.2 Å². The van der Waals surface area contributed by atoms with E-state index in [0.29, 0.717) is 17.1 Å². The van der Waals surface area contributed by atoms with Crippen molar-refractivity contribution in [3.63, 3.8) is 0 Å². The molecule has 0 spiro atoms. The number of H-pyrrole nitrogens is 2. The maximum atomic E-state index is 4.72. The molecule has 2 N–H and O–H groups in total. The Bertz CT molecular complexity index is 1800. The van der Waals surface area contributed by atoms with Crippen molar-refractivity contribution in [3.05, 3.63) is 85.0 Å². The molecule has 10 nitrogen and oxygen atoms in total. The fourth-order valence-electron chi connectivity index (χ4n) is 4.62. The monoisotopic (exact) mass is 500 g/mol. The van der Waals surface area contributed by atoms with Crippen molar-refractivity contribution in [1.82, 2.24) is 49.9 Å². The highest BCUT2D eigenvalue weighted by Gasteiger charge is 2.27. The highest BCUT2D eigenvalue weighted by Crippen LogP contribution is 2.48. The molecule has 0 aliphatic rings.